The van der Waals surface area contributed by atoms with Gasteiger partial charge in [0, 0.05) is 36.9 Å². The molecule has 0 N–H and O–H groups in total. The monoisotopic (exact) mass is 399 g/mol. The van der Waals surface area contributed by atoms with Gasteiger partial charge in [0.2, 0.25) is 11.8 Å². The van der Waals surface area contributed by atoms with Crippen LogP contribution in [0.15, 0.2) is 42.6 Å². The molecule has 3 rings (SSSR count). The smallest absolute Gasteiger partial charge is 0.243 e. The molecule has 1 aliphatic rings. The average Bonchev–Trinajstić information content (AvgIpc) is 3.14. The number of rotatable bonds is 5. The molecule has 0 spiro atoms. The Kier molecular flexibility index (Phi) is 6.10. The van der Waals surface area contributed by atoms with Crippen LogP contribution in [0, 0.1) is 11.2 Å². The van der Waals surface area contributed by atoms with Crippen molar-refractivity contribution in [3.63, 3.8) is 0 Å². The fourth-order valence-corrected chi connectivity index (χ4v) is 3.93. The van der Waals surface area contributed by atoms with Crippen LogP contribution in [0.4, 0.5) is 4.39 Å². The summed E-state index contributed by atoms with van der Waals surface area (Å²) >= 11 is 0. The number of amides is 2. The highest BCUT2D eigenvalue weighted by Gasteiger charge is 2.35. The molecule has 1 aliphatic heterocycles. The first-order chi connectivity index (χ1) is 13.7. The highest BCUT2D eigenvalue weighted by Crippen LogP contribution is 2.33. The molecule has 0 fully saturated rings. The lowest BCUT2D eigenvalue weighted by Gasteiger charge is -2.39. The second kappa shape index (κ2) is 8.39. The lowest BCUT2D eigenvalue weighted by molar-refractivity contribution is -0.146. The van der Waals surface area contributed by atoms with Crippen molar-refractivity contribution in [2.45, 2.75) is 46.7 Å². The van der Waals surface area contributed by atoms with Crippen LogP contribution in [0.2, 0.25) is 0 Å². The van der Waals surface area contributed by atoms with Gasteiger partial charge in [0.15, 0.2) is 0 Å². The van der Waals surface area contributed by atoms with Crippen LogP contribution < -0.4 is 0 Å². The zero-order chi connectivity index (χ0) is 21.2. The van der Waals surface area contributed by atoms with E-state index in [0.29, 0.717) is 19.6 Å². The van der Waals surface area contributed by atoms with Gasteiger partial charge in [-0.2, -0.15) is 0 Å². The first kappa shape index (κ1) is 21.1. The largest absolute Gasteiger partial charge is 0.348 e. The molecule has 156 valence electrons. The molecule has 0 radical (unpaired) electrons. The Labute approximate surface area is 172 Å². The van der Waals surface area contributed by atoms with Gasteiger partial charge in [-0.05, 0) is 36.2 Å². The molecule has 0 saturated heterocycles. The van der Waals surface area contributed by atoms with Crippen LogP contribution in [0.25, 0.3) is 0 Å². The molecule has 2 amide bonds. The fourth-order valence-electron chi connectivity index (χ4n) is 3.93. The van der Waals surface area contributed by atoms with Gasteiger partial charge in [-0.15, -0.1) is 0 Å². The van der Waals surface area contributed by atoms with Crippen molar-refractivity contribution in [2.75, 3.05) is 19.6 Å². The third kappa shape index (κ3) is 4.52. The Balaban J connectivity index is 1.91. The van der Waals surface area contributed by atoms with E-state index >= 15 is 0 Å². The lowest BCUT2D eigenvalue weighted by Crippen LogP contribution is -2.50. The van der Waals surface area contributed by atoms with E-state index in [1.807, 2.05) is 52.1 Å². The number of carbonyl (C=O) groups excluding carboxylic acids is 2. The minimum Gasteiger partial charge on any atom is -0.348 e. The molecular weight excluding hydrogens is 369 g/mol. The second-order valence-electron chi connectivity index (χ2n) is 8.65. The molecule has 1 unspecified atom stereocenters. The molecule has 0 aliphatic carbocycles. The predicted octanol–water partition coefficient (Wildman–Crippen LogP) is 3.84. The van der Waals surface area contributed by atoms with Crippen LogP contribution in [-0.4, -0.2) is 45.8 Å². The molecule has 1 atom stereocenters. The summed E-state index contributed by atoms with van der Waals surface area (Å²) in [7, 11) is 0. The highest BCUT2D eigenvalue weighted by atomic mass is 19.1. The molecule has 0 saturated carbocycles. The zero-order valence-electron chi connectivity index (χ0n) is 17.7. The van der Waals surface area contributed by atoms with E-state index in [1.54, 1.807) is 15.9 Å². The van der Waals surface area contributed by atoms with Crippen molar-refractivity contribution in [3.8, 4) is 0 Å². The van der Waals surface area contributed by atoms with Crippen LogP contribution in [0.5, 0.6) is 0 Å². The van der Waals surface area contributed by atoms with Crippen molar-refractivity contribution in [1.29, 1.82) is 0 Å². The van der Waals surface area contributed by atoms with E-state index in [0.717, 1.165) is 17.7 Å². The van der Waals surface area contributed by atoms with Crippen LogP contribution in [0.1, 0.15) is 51.4 Å². The van der Waals surface area contributed by atoms with Crippen molar-refractivity contribution in [1.82, 2.24) is 14.4 Å². The van der Waals surface area contributed by atoms with Crippen molar-refractivity contribution in [3.05, 3.63) is 59.7 Å². The van der Waals surface area contributed by atoms with E-state index in [2.05, 4.69) is 4.57 Å². The standard InChI is InChI=1S/C23H30FN3O2/c1-5-11-26(22(29)23(2,3)4)16-20(28)27-14-13-25-12-7-10-19(25)21(27)17-8-6-9-18(24)15-17/h6-10,12,15,21H,5,11,13-14,16H2,1-4H3. The number of nitrogens with zero attached hydrogens (tertiary/aromatic N) is 3. The Morgan fingerprint density at radius 3 is 2.59 bits per heavy atom. The molecule has 2 heterocycles. The summed E-state index contributed by atoms with van der Waals surface area (Å²) in [6.07, 6.45) is 2.77. The number of hydrogen-bond acceptors (Lipinski definition) is 2. The van der Waals surface area contributed by atoms with Crippen molar-refractivity contribution < 1.29 is 14.0 Å². The van der Waals surface area contributed by atoms with Gasteiger partial charge in [0.1, 0.15) is 5.82 Å². The van der Waals surface area contributed by atoms with E-state index in [4.69, 9.17) is 0 Å². The molecule has 5 nitrogen and oxygen atoms in total. The normalized spacial score (nSPS) is 16.4. The van der Waals surface area contributed by atoms with E-state index in [9.17, 15) is 14.0 Å². The summed E-state index contributed by atoms with van der Waals surface area (Å²) in [4.78, 5) is 29.6. The van der Waals surface area contributed by atoms with Gasteiger partial charge >= 0.3 is 0 Å². The van der Waals surface area contributed by atoms with Gasteiger partial charge in [-0.1, -0.05) is 39.8 Å². The first-order valence-corrected chi connectivity index (χ1v) is 10.2. The first-order valence-electron chi connectivity index (χ1n) is 10.2. The Morgan fingerprint density at radius 1 is 1.17 bits per heavy atom. The molecule has 1 aromatic carbocycles. The molecule has 2 aromatic rings. The Bertz CT molecular complexity index is 884. The highest BCUT2D eigenvalue weighted by molar-refractivity contribution is 5.87. The molecule has 1 aromatic heterocycles. The molecular formula is C23H30FN3O2. The summed E-state index contributed by atoms with van der Waals surface area (Å²) in [5, 5.41) is 0. The SMILES string of the molecule is CCCN(CC(=O)N1CCn2cccc2C1c1cccc(F)c1)C(=O)C(C)(C)C. The van der Waals surface area contributed by atoms with Crippen LogP contribution in [0.3, 0.4) is 0 Å². The molecule has 6 heteroatoms. The van der Waals surface area contributed by atoms with Crippen molar-refractivity contribution in [2.24, 2.45) is 5.41 Å². The number of benzene rings is 1. The third-order valence-corrected chi connectivity index (χ3v) is 5.27. The summed E-state index contributed by atoms with van der Waals surface area (Å²) in [5.74, 6) is -0.470. The number of fused-ring (bicyclic) bond motifs is 1. The summed E-state index contributed by atoms with van der Waals surface area (Å²) in [6.45, 7) is 9.37. The van der Waals surface area contributed by atoms with Gasteiger partial charge in [-0.25, -0.2) is 4.39 Å². The number of carbonyl (C=O) groups is 2. The molecule has 0 bridgehead atoms. The van der Waals surface area contributed by atoms with Gasteiger partial charge < -0.3 is 14.4 Å². The predicted molar refractivity (Wildman–Crippen MR) is 111 cm³/mol. The quantitative estimate of drug-likeness (QED) is 0.767. The van der Waals surface area contributed by atoms with Gasteiger partial charge in [0.25, 0.3) is 0 Å². The maximum Gasteiger partial charge on any atom is 0.243 e. The maximum atomic E-state index is 13.9. The van der Waals surface area contributed by atoms with Crippen LogP contribution in [-0.2, 0) is 16.1 Å². The van der Waals surface area contributed by atoms with Gasteiger partial charge in [0.05, 0.1) is 12.6 Å². The summed E-state index contributed by atoms with van der Waals surface area (Å²) < 4.78 is 16.0. The Hall–Kier alpha value is -2.63. The Morgan fingerprint density at radius 2 is 1.93 bits per heavy atom. The topological polar surface area (TPSA) is 45.6 Å². The van der Waals surface area contributed by atoms with Crippen LogP contribution >= 0.6 is 0 Å². The lowest BCUT2D eigenvalue weighted by atomic mass is 9.94. The summed E-state index contributed by atoms with van der Waals surface area (Å²) in [6, 6.07) is 9.96. The molecule has 29 heavy (non-hydrogen) atoms. The second-order valence-corrected chi connectivity index (χ2v) is 8.65. The van der Waals surface area contributed by atoms with Crippen molar-refractivity contribution >= 4 is 11.8 Å². The van der Waals surface area contributed by atoms with E-state index < -0.39 is 5.41 Å². The minimum atomic E-state index is -0.548. The average molecular weight is 400 g/mol. The number of halogens is 1. The zero-order valence-corrected chi connectivity index (χ0v) is 17.7. The van der Waals surface area contributed by atoms with E-state index in [-0.39, 0.29) is 30.2 Å². The van der Waals surface area contributed by atoms with E-state index in [1.165, 1.54) is 12.1 Å². The number of hydrogen-bond donors (Lipinski definition) is 0. The summed E-state index contributed by atoms with van der Waals surface area (Å²) in [5.41, 5.74) is 1.15. The fraction of sp³-hybridized carbons (Fsp3) is 0.478. The third-order valence-electron chi connectivity index (χ3n) is 5.27. The maximum absolute atomic E-state index is 13.9. The van der Waals surface area contributed by atoms with Gasteiger partial charge in [-0.3, -0.25) is 9.59 Å². The number of aromatic nitrogens is 1. The minimum absolute atomic E-state index is 0.0320.